The van der Waals surface area contributed by atoms with Crippen LogP contribution in [-0.4, -0.2) is 54.8 Å². The summed E-state index contributed by atoms with van der Waals surface area (Å²) in [4.78, 5) is 53.2. The molecule has 1 N–H and O–H groups in total. The Morgan fingerprint density at radius 2 is 1.59 bits per heavy atom. The molecule has 3 aromatic carbocycles. The first kappa shape index (κ1) is 27.9. The summed E-state index contributed by atoms with van der Waals surface area (Å²) in [5.41, 5.74) is 3.10. The number of carbonyl (C=O) groups is 4. The van der Waals surface area contributed by atoms with Crippen molar-refractivity contribution >= 4 is 35.0 Å². The molecule has 3 aromatic rings. The molecule has 0 atom stereocenters. The maximum atomic E-state index is 12.7. The summed E-state index contributed by atoms with van der Waals surface area (Å²) < 4.78 is 11.5. The van der Waals surface area contributed by atoms with Crippen LogP contribution in [0.2, 0.25) is 0 Å². The highest BCUT2D eigenvalue weighted by Gasteiger charge is 2.34. The maximum absolute atomic E-state index is 12.7. The molecule has 4 amide bonds. The lowest BCUT2D eigenvalue weighted by Gasteiger charge is -2.29. The lowest BCUT2D eigenvalue weighted by atomic mass is 9.87. The number of amides is 4. The van der Waals surface area contributed by atoms with Gasteiger partial charge in [0.15, 0.2) is 6.61 Å². The molecule has 0 aromatic heterocycles. The number of carbonyl (C=O) groups excluding carboxylic acids is 4. The molecule has 0 spiro atoms. The Kier molecular flexibility index (Phi) is 7.79. The van der Waals surface area contributed by atoms with Crippen molar-refractivity contribution in [1.29, 1.82) is 0 Å². The third-order valence-electron chi connectivity index (χ3n) is 7.15. The Morgan fingerprint density at radius 1 is 0.902 bits per heavy atom. The Labute approximate surface area is 239 Å². The van der Waals surface area contributed by atoms with Gasteiger partial charge in [0.25, 0.3) is 17.7 Å². The molecule has 41 heavy (non-hydrogen) atoms. The minimum atomic E-state index is -0.337. The molecular formula is C32H33N3O6. The van der Waals surface area contributed by atoms with Gasteiger partial charge in [-0.25, -0.2) is 0 Å². The molecule has 2 aliphatic rings. The van der Waals surface area contributed by atoms with Crippen LogP contribution in [0.15, 0.2) is 66.7 Å². The van der Waals surface area contributed by atoms with E-state index >= 15 is 0 Å². The van der Waals surface area contributed by atoms with E-state index in [2.05, 4.69) is 26.1 Å². The predicted octanol–water partition coefficient (Wildman–Crippen LogP) is 4.80. The summed E-state index contributed by atoms with van der Waals surface area (Å²) in [5.74, 6) is 0.128. The number of hydrogen-bond acceptors (Lipinski definition) is 6. The number of anilines is 2. The molecule has 0 saturated heterocycles. The number of rotatable bonds is 9. The first-order valence-corrected chi connectivity index (χ1v) is 13.7. The van der Waals surface area contributed by atoms with E-state index in [-0.39, 0.29) is 55.2 Å². The molecule has 0 bridgehead atoms. The summed E-state index contributed by atoms with van der Waals surface area (Å²) in [6, 6.07) is 19.8. The van der Waals surface area contributed by atoms with Crippen LogP contribution in [0.25, 0.3) is 0 Å². The van der Waals surface area contributed by atoms with Gasteiger partial charge in [-0.05, 0) is 59.9 Å². The smallest absolute Gasteiger partial charge is 0.265 e. The standard InChI is InChI=1S/C32H33N3O6/c1-32(2,3)21-10-13-23(14-11-21)40-18-17-34-26-19-22(12-15-27(26)41-20-29(34)37)33-28(36)9-6-16-35-30(38)24-7-4-5-8-25(24)31(35)39/h4-5,7-8,10-15,19H,6,9,16-18,20H2,1-3H3,(H,33,36). The molecule has 9 nitrogen and oxygen atoms in total. The molecule has 2 aliphatic heterocycles. The van der Waals surface area contributed by atoms with Gasteiger partial charge in [-0.3, -0.25) is 24.1 Å². The van der Waals surface area contributed by atoms with Crippen LogP contribution in [0.1, 0.15) is 59.9 Å². The topological polar surface area (TPSA) is 105 Å². The molecule has 0 radical (unpaired) electrons. The molecule has 212 valence electrons. The molecule has 0 aliphatic carbocycles. The van der Waals surface area contributed by atoms with Crippen LogP contribution in [0.3, 0.4) is 0 Å². The van der Waals surface area contributed by atoms with Gasteiger partial charge in [-0.2, -0.15) is 0 Å². The van der Waals surface area contributed by atoms with Crippen LogP contribution >= 0.6 is 0 Å². The van der Waals surface area contributed by atoms with Crippen LogP contribution in [0.5, 0.6) is 11.5 Å². The molecular weight excluding hydrogens is 522 g/mol. The zero-order valence-corrected chi connectivity index (χ0v) is 23.4. The second kappa shape index (κ2) is 11.4. The minimum Gasteiger partial charge on any atom is -0.492 e. The summed E-state index contributed by atoms with van der Waals surface area (Å²) in [6.45, 7) is 7.13. The van der Waals surface area contributed by atoms with Crippen molar-refractivity contribution in [3.63, 3.8) is 0 Å². The Balaban J connectivity index is 1.15. The summed E-state index contributed by atoms with van der Waals surface area (Å²) in [6.07, 6.45) is 0.440. The van der Waals surface area contributed by atoms with Crippen molar-refractivity contribution in [3.05, 3.63) is 83.4 Å². The fourth-order valence-corrected chi connectivity index (χ4v) is 4.89. The van der Waals surface area contributed by atoms with Crippen molar-refractivity contribution < 1.29 is 28.7 Å². The quantitative estimate of drug-likeness (QED) is 0.380. The van der Waals surface area contributed by atoms with Gasteiger partial charge in [0.2, 0.25) is 5.91 Å². The number of imide groups is 1. The van der Waals surface area contributed by atoms with Crippen LogP contribution in [-0.2, 0) is 15.0 Å². The number of nitrogens with zero attached hydrogens (tertiary/aromatic N) is 2. The number of benzene rings is 3. The van der Waals surface area contributed by atoms with Crippen molar-refractivity contribution in [2.75, 3.05) is 36.5 Å². The minimum absolute atomic E-state index is 0.0498. The Hall–Kier alpha value is -4.66. The Morgan fingerprint density at radius 3 is 2.24 bits per heavy atom. The summed E-state index contributed by atoms with van der Waals surface area (Å²) >= 11 is 0. The monoisotopic (exact) mass is 555 g/mol. The zero-order chi connectivity index (χ0) is 29.1. The van der Waals surface area contributed by atoms with Crippen molar-refractivity contribution in [2.24, 2.45) is 0 Å². The molecule has 9 heteroatoms. The lowest BCUT2D eigenvalue weighted by molar-refractivity contribution is -0.121. The van der Waals surface area contributed by atoms with Gasteiger partial charge < -0.3 is 19.7 Å². The van der Waals surface area contributed by atoms with Gasteiger partial charge in [0.1, 0.15) is 18.1 Å². The molecule has 2 heterocycles. The lowest BCUT2D eigenvalue weighted by Crippen LogP contribution is -2.41. The molecule has 5 rings (SSSR count). The van der Waals surface area contributed by atoms with Crippen LogP contribution in [0.4, 0.5) is 11.4 Å². The average Bonchev–Trinajstić information content (AvgIpc) is 3.19. The predicted molar refractivity (Wildman–Crippen MR) is 155 cm³/mol. The highest BCUT2D eigenvalue weighted by atomic mass is 16.5. The van der Waals surface area contributed by atoms with Crippen molar-refractivity contribution in [3.8, 4) is 11.5 Å². The van der Waals surface area contributed by atoms with E-state index in [1.165, 1.54) is 10.5 Å². The Bertz CT molecular complexity index is 1460. The summed E-state index contributed by atoms with van der Waals surface area (Å²) in [7, 11) is 0. The number of nitrogens with one attached hydrogen (secondary N) is 1. The van der Waals surface area contributed by atoms with E-state index in [0.29, 0.717) is 41.2 Å². The van der Waals surface area contributed by atoms with E-state index in [1.54, 1.807) is 47.4 Å². The highest BCUT2D eigenvalue weighted by Crippen LogP contribution is 2.35. The fourth-order valence-electron chi connectivity index (χ4n) is 4.89. The van der Waals surface area contributed by atoms with Crippen LogP contribution < -0.4 is 19.7 Å². The first-order chi connectivity index (χ1) is 19.6. The second-order valence-electron chi connectivity index (χ2n) is 11.1. The van der Waals surface area contributed by atoms with Gasteiger partial charge in [0.05, 0.1) is 23.4 Å². The van der Waals surface area contributed by atoms with Crippen molar-refractivity contribution in [1.82, 2.24) is 4.90 Å². The summed E-state index contributed by atoms with van der Waals surface area (Å²) in [5, 5.41) is 2.84. The van der Waals surface area contributed by atoms with E-state index in [0.717, 1.165) is 5.75 Å². The number of hydrogen-bond donors (Lipinski definition) is 1. The average molecular weight is 556 g/mol. The molecule has 0 saturated carbocycles. The van der Waals surface area contributed by atoms with Gasteiger partial charge in [0, 0.05) is 18.7 Å². The van der Waals surface area contributed by atoms with Gasteiger partial charge in [-0.1, -0.05) is 45.0 Å². The van der Waals surface area contributed by atoms with Gasteiger partial charge >= 0.3 is 0 Å². The molecule has 0 unspecified atom stereocenters. The normalized spacial score (nSPS) is 14.5. The third-order valence-corrected chi connectivity index (χ3v) is 7.15. The zero-order valence-electron chi connectivity index (χ0n) is 23.4. The highest BCUT2D eigenvalue weighted by molar-refractivity contribution is 6.21. The van der Waals surface area contributed by atoms with E-state index in [4.69, 9.17) is 9.47 Å². The molecule has 0 fully saturated rings. The van der Waals surface area contributed by atoms with Crippen LogP contribution in [0, 0.1) is 0 Å². The fraction of sp³-hybridized carbons (Fsp3) is 0.312. The second-order valence-corrected chi connectivity index (χ2v) is 11.1. The van der Waals surface area contributed by atoms with Gasteiger partial charge in [-0.15, -0.1) is 0 Å². The maximum Gasteiger partial charge on any atom is 0.265 e. The SMILES string of the molecule is CC(C)(C)c1ccc(OCCN2C(=O)COc3ccc(NC(=O)CCCN4C(=O)c5ccccc5C4=O)cc32)cc1. The number of fused-ring (bicyclic) bond motifs is 2. The first-order valence-electron chi connectivity index (χ1n) is 13.7. The van der Waals surface area contributed by atoms with E-state index < -0.39 is 0 Å². The van der Waals surface area contributed by atoms with E-state index in [1.807, 2.05) is 24.3 Å². The van der Waals surface area contributed by atoms with Crippen molar-refractivity contribution in [2.45, 2.75) is 39.0 Å². The third kappa shape index (κ3) is 6.09. The largest absolute Gasteiger partial charge is 0.492 e. The van der Waals surface area contributed by atoms with E-state index in [9.17, 15) is 19.2 Å². The number of ether oxygens (including phenoxy) is 2.